The maximum atomic E-state index is 10.3. The van der Waals surface area contributed by atoms with Crippen LogP contribution in [0.15, 0.2) is 30.3 Å². The van der Waals surface area contributed by atoms with Gasteiger partial charge in [-0.25, -0.2) is 0 Å². The third kappa shape index (κ3) is 1.83. The second kappa shape index (κ2) is 3.54. The number of fused-ring (bicyclic) bond motifs is 1. The minimum atomic E-state index is -0.340. The Balaban J connectivity index is 2.04. The summed E-state index contributed by atoms with van der Waals surface area (Å²) in [5, 5.41) is 11.4. The van der Waals surface area contributed by atoms with Crippen molar-refractivity contribution in [1.29, 1.82) is 0 Å². The van der Waals surface area contributed by atoms with Gasteiger partial charge in [0.25, 0.3) is 0 Å². The molecule has 1 aromatic heterocycles. The van der Waals surface area contributed by atoms with Crippen LogP contribution >= 0.6 is 0 Å². The number of aliphatic hydroxyl groups is 1. The lowest BCUT2D eigenvalue weighted by atomic mass is 9.94. The van der Waals surface area contributed by atoms with Gasteiger partial charge in [-0.3, -0.25) is 4.98 Å². The Labute approximate surface area is 101 Å². The molecule has 0 radical (unpaired) electrons. The SMILES string of the molecule is Cc1ccc2cc(C(O)C3(C)CC3)ccc2n1. The first-order valence-corrected chi connectivity index (χ1v) is 6.14. The third-order valence-corrected chi connectivity index (χ3v) is 3.87. The molecular formula is C15H17NO. The van der Waals surface area contributed by atoms with Crippen LogP contribution in [-0.2, 0) is 0 Å². The quantitative estimate of drug-likeness (QED) is 0.853. The molecule has 0 bridgehead atoms. The van der Waals surface area contributed by atoms with Gasteiger partial charge in [0.1, 0.15) is 0 Å². The van der Waals surface area contributed by atoms with Gasteiger partial charge in [-0.05, 0) is 48.9 Å². The number of aryl methyl sites for hydroxylation is 1. The van der Waals surface area contributed by atoms with Crippen molar-refractivity contribution in [3.63, 3.8) is 0 Å². The molecule has 1 heterocycles. The van der Waals surface area contributed by atoms with Crippen molar-refractivity contribution >= 4 is 10.9 Å². The topological polar surface area (TPSA) is 33.1 Å². The number of hydrogen-bond acceptors (Lipinski definition) is 2. The van der Waals surface area contributed by atoms with Crippen molar-refractivity contribution in [2.75, 3.05) is 0 Å². The van der Waals surface area contributed by atoms with Gasteiger partial charge in [-0.2, -0.15) is 0 Å². The van der Waals surface area contributed by atoms with Crippen molar-refractivity contribution in [2.45, 2.75) is 32.8 Å². The van der Waals surface area contributed by atoms with Crippen LogP contribution in [0.1, 0.15) is 37.1 Å². The molecule has 2 aromatic rings. The Bertz CT molecular complexity index is 572. The van der Waals surface area contributed by atoms with E-state index < -0.39 is 0 Å². The molecule has 1 aliphatic carbocycles. The zero-order chi connectivity index (χ0) is 12.0. The lowest BCUT2D eigenvalue weighted by molar-refractivity contribution is 0.104. The van der Waals surface area contributed by atoms with Crippen LogP contribution in [0.3, 0.4) is 0 Å². The summed E-state index contributed by atoms with van der Waals surface area (Å²) in [4.78, 5) is 4.47. The molecule has 1 saturated carbocycles. The molecule has 88 valence electrons. The summed E-state index contributed by atoms with van der Waals surface area (Å²) in [6.07, 6.45) is 1.91. The smallest absolute Gasteiger partial charge is 0.0843 e. The summed E-state index contributed by atoms with van der Waals surface area (Å²) in [5.74, 6) is 0. The van der Waals surface area contributed by atoms with Gasteiger partial charge in [0.15, 0.2) is 0 Å². The van der Waals surface area contributed by atoms with Crippen LogP contribution in [-0.4, -0.2) is 10.1 Å². The van der Waals surface area contributed by atoms with E-state index in [1.165, 1.54) is 0 Å². The number of hydrogen-bond donors (Lipinski definition) is 1. The Morgan fingerprint density at radius 1 is 1.24 bits per heavy atom. The molecule has 1 aromatic carbocycles. The lowest BCUT2D eigenvalue weighted by Gasteiger charge is -2.18. The van der Waals surface area contributed by atoms with Gasteiger partial charge in [0.05, 0.1) is 11.6 Å². The maximum absolute atomic E-state index is 10.3. The highest BCUT2D eigenvalue weighted by molar-refractivity contribution is 5.79. The van der Waals surface area contributed by atoms with Crippen LogP contribution in [0.2, 0.25) is 0 Å². The molecule has 0 saturated heterocycles. The van der Waals surface area contributed by atoms with Crippen LogP contribution in [0, 0.1) is 12.3 Å². The fourth-order valence-electron chi connectivity index (χ4n) is 2.29. The third-order valence-electron chi connectivity index (χ3n) is 3.87. The summed E-state index contributed by atoms with van der Waals surface area (Å²) in [5.41, 5.74) is 3.15. The van der Waals surface area contributed by atoms with E-state index in [0.29, 0.717) is 0 Å². The summed E-state index contributed by atoms with van der Waals surface area (Å²) < 4.78 is 0. The first-order chi connectivity index (χ1) is 8.08. The Morgan fingerprint density at radius 2 is 2.00 bits per heavy atom. The van der Waals surface area contributed by atoms with Gasteiger partial charge in [-0.15, -0.1) is 0 Å². The predicted molar refractivity (Wildman–Crippen MR) is 68.8 cm³/mol. The number of pyridine rings is 1. The van der Waals surface area contributed by atoms with Crippen LogP contribution in [0.5, 0.6) is 0 Å². The highest BCUT2D eigenvalue weighted by atomic mass is 16.3. The zero-order valence-corrected chi connectivity index (χ0v) is 10.3. The molecule has 1 N–H and O–H groups in total. The predicted octanol–water partition coefficient (Wildman–Crippen LogP) is 3.38. The molecule has 17 heavy (non-hydrogen) atoms. The van der Waals surface area contributed by atoms with E-state index in [4.69, 9.17) is 0 Å². The second-order valence-corrected chi connectivity index (χ2v) is 5.46. The lowest BCUT2D eigenvalue weighted by Crippen LogP contribution is -2.09. The summed E-state index contributed by atoms with van der Waals surface area (Å²) in [7, 11) is 0. The largest absolute Gasteiger partial charge is 0.388 e. The van der Waals surface area contributed by atoms with E-state index in [1.807, 2.05) is 25.1 Å². The number of rotatable bonds is 2. The van der Waals surface area contributed by atoms with Gasteiger partial charge in [-0.1, -0.05) is 19.1 Å². The van der Waals surface area contributed by atoms with Crippen molar-refractivity contribution in [2.24, 2.45) is 5.41 Å². The fourth-order valence-corrected chi connectivity index (χ4v) is 2.29. The first-order valence-electron chi connectivity index (χ1n) is 6.14. The maximum Gasteiger partial charge on any atom is 0.0843 e. The van der Waals surface area contributed by atoms with Crippen LogP contribution < -0.4 is 0 Å². The first kappa shape index (κ1) is 10.7. The van der Waals surface area contributed by atoms with Crippen LogP contribution in [0.4, 0.5) is 0 Å². The van der Waals surface area contributed by atoms with Gasteiger partial charge >= 0.3 is 0 Å². The zero-order valence-electron chi connectivity index (χ0n) is 10.3. The number of nitrogens with zero attached hydrogens (tertiary/aromatic N) is 1. The molecule has 2 nitrogen and oxygen atoms in total. The van der Waals surface area contributed by atoms with E-state index >= 15 is 0 Å². The molecule has 1 unspecified atom stereocenters. The molecule has 1 fully saturated rings. The summed E-state index contributed by atoms with van der Waals surface area (Å²) in [6, 6.07) is 10.2. The summed E-state index contributed by atoms with van der Waals surface area (Å²) in [6.45, 7) is 4.14. The van der Waals surface area contributed by atoms with E-state index in [9.17, 15) is 5.11 Å². The minimum absolute atomic E-state index is 0.103. The van der Waals surface area contributed by atoms with E-state index in [-0.39, 0.29) is 11.5 Å². The monoisotopic (exact) mass is 227 g/mol. The average molecular weight is 227 g/mol. The van der Waals surface area contributed by atoms with Crippen molar-refractivity contribution in [1.82, 2.24) is 4.98 Å². The Kier molecular flexibility index (Phi) is 2.23. The molecule has 3 rings (SSSR count). The van der Waals surface area contributed by atoms with Crippen LogP contribution in [0.25, 0.3) is 10.9 Å². The normalized spacial score (nSPS) is 19.2. The van der Waals surface area contributed by atoms with Crippen molar-refractivity contribution < 1.29 is 5.11 Å². The highest BCUT2D eigenvalue weighted by Gasteiger charge is 2.44. The van der Waals surface area contributed by atoms with E-state index in [2.05, 4.69) is 24.0 Å². The van der Waals surface area contributed by atoms with E-state index in [1.54, 1.807) is 0 Å². The summed E-state index contributed by atoms with van der Waals surface area (Å²) >= 11 is 0. The number of benzene rings is 1. The Morgan fingerprint density at radius 3 is 2.71 bits per heavy atom. The van der Waals surface area contributed by atoms with Gasteiger partial charge < -0.3 is 5.11 Å². The average Bonchev–Trinajstić information content (AvgIpc) is 3.07. The molecule has 1 atom stereocenters. The molecule has 0 amide bonds. The Hall–Kier alpha value is -1.41. The molecule has 1 aliphatic rings. The fraction of sp³-hybridized carbons (Fsp3) is 0.400. The second-order valence-electron chi connectivity index (χ2n) is 5.46. The molecule has 0 spiro atoms. The minimum Gasteiger partial charge on any atom is -0.388 e. The number of aromatic nitrogens is 1. The number of aliphatic hydroxyl groups excluding tert-OH is 1. The molecular weight excluding hydrogens is 210 g/mol. The van der Waals surface area contributed by atoms with Gasteiger partial charge in [0, 0.05) is 11.1 Å². The standard InChI is InChI=1S/C15H17NO/c1-10-3-4-11-9-12(5-6-13(11)16-10)14(17)15(2)7-8-15/h3-6,9,14,17H,7-8H2,1-2H3. The molecule has 0 aliphatic heterocycles. The highest BCUT2D eigenvalue weighted by Crippen LogP contribution is 2.54. The van der Waals surface area contributed by atoms with E-state index in [0.717, 1.165) is 35.0 Å². The van der Waals surface area contributed by atoms with Crippen molar-refractivity contribution in [3.8, 4) is 0 Å². The molecule has 2 heteroatoms. The van der Waals surface area contributed by atoms with Gasteiger partial charge in [0.2, 0.25) is 0 Å². The van der Waals surface area contributed by atoms with Crippen molar-refractivity contribution in [3.05, 3.63) is 41.6 Å².